The molecular weight excluding hydrogens is 274 g/mol. The van der Waals surface area contributed by atoms with Crippen LogP contribution in [0.5, 0.6) is 0 Å². The number of aromatic amines is 1. The van der Waals surface area contributed by atoms with E-state index in [-0.39, 0.29) is 4.75 Å². The smallest absolute Gasteiger partial charge is 0.0554 e. The summed E-state index contributed by atoms with van der Waals surface area (Å²) in [6, 6.07) is 8.72. The van der Waals surface area contributed by atoms with E-state index in [1.165, 1.54) is 35.0 Å². The van der Waals surface area contributed by atoms with Gasteiger partial charge < -0.3 is 4.98 Å². The Bertz CT molecular complexity index is 852. The molecule has 5 rings (SSSR count). The van der Waals surface area contributed by atoms with Crippen LogP contribution in [-0.4, -0.2) is 4.98 Å². The van der Waals surface area contributed by atoms with Crippen molar-refractivity contribution in [1.29, 1.82) is 0 Å². The minimum Gasteiger partial charge on any atom is -0.355 e. The molecule has 1 aromatic carbocycles. The number of hydrogen-bond acceptors (Lipinski definition) is 1. The summed E-state index contributed by atoms with van der Waals surface area (Å²) >= 11 is 2.10. The Morgan fingerprint density at radius 3 is 3.10 bits per heavy atom. The third-order valence-corrected chi connectivity index (χ3v) is 6.68. The molecule has 0 bridgehead atoms. The Morgan fingerprint density at radius 1 is 1.24 bits per heavy atom. The van der Waals surface area contributed by atoms with Crippen molar-refractivity contribution < 1.29 is 0 Å². The van der Waals surface area contributed by atoms with Crippen molar-refractivity contribution in [3.05, 3.63) is 64.2 Å². The molecule has 2 unspecified atom stereocenters. The van der Waals surface area contributed by atoms with Crippen molar-refractivity contribution in [3.8, 4) is 0 Å². The Balaban J connectivity index is 1.78. The molecule has 0 fully saturated rings. The maximum absolute atomic E-state index is 3.60. The average molecular weight is 291 g/mol. The highest BCUT2D eigenvalue weighted by Crippen LogP contribution is 2.62. The molecule has 1 nitrogen and oxygen atoms in total. The van der Waals surface area contributed by atoms with E-state index in [2.05, 4.69) is 72.2 Å². The minimum atomic E-state index is 0.142. The molecule has 2 atom stereocenters. The molecule has 104 valence electrons. The summed E-state index contributed by atoms with van der Waals surface area (Å²) in [5, 5.41) is 1.39. The molecular formula is C19H17NS. The summed E-state index contributed by atoms with van der Waals surface area (Å²) in [7, 11) is 0. The van der Waals surface area contributed by atoms with E-state index >= 15 is 0 Å². The molecule has 0 saturated carbocycles. The molecule has 0 saturated heterocycles. The summed E-state index contributed by atoms with van der Waals surface area (Å²) < 4.78 is 0.142. The summed E-state index contributed by atoms with van der Waals surface area (Å²) in [5.41, 5.74) is 5.61. The standard InChI is InChI=1S/C19H17NS/c1-19-14(12-6-3-5-9-17(12)21-19)10-11-16-18(19)13-7-2-4-8-15(13)20-16/h2-4,6-8,10-11,14,20H,5,9H2,1H3. The van der Waals surface area contributed by atoms with Crippen molar-refractivity contribution in [2.24, 2.45) is 5.92 Å². The molecule has 1 aliphatic heterocycles. The first-order valence-corrected chi connectivity index (χ1v) is 8.47. The van der Waals surface area contributed by atoms with Crippen molar-refractivity contribution >= 4 is 28.7 Å². The number of nitrogens with one attached hydrogen (secondary N) is 1. The van der Waals surface area contributed by atoms with Crippen LogP contribution >= 0.6 is 11.8 Å². The third-order valence-electron chi connectivity index (χ3n) is 5.11. The Labute approximate surface area is 128 Å². The van der Waals surface area contributed by atoms with Crippen LogP contribution in [0.4, 0.5) is 0 Å². The molecule has 0 amide bonds. The number of allylic oxidation sites excluding steroid dienone is 5. The predicted octanol–water partition coefficient (Wildman–Crippen LogP) is 5.38. The zero-order chi connectivity index (χ0) is 14.0. The fourth-order valence-corrected chi connectivity index (χ4v) is 5.87. The topological polar surface area (TPSA) is 15.8 Å². The van der Waals surface area contributed by atoms with E-state index in [9.17, 15) is 0 Å². The van der Waals surface area contributed by atoms with Gasteiger partial charge in [-0.25, -0.2) is 0 Å². The summed E-state index contributed by atoms with van der Waals surface area (Å²) in [6.45, 7) is 2.43. The minimum absolute atomic E-state index is 0.142. The van der Waals surface area contributed by atoms with Crippen LogP contribution in [0.3, 0.4) is 0 Å². The number of benzene rings is 1. The zero-order valence-corrected chi connectivity index (χ0v) is 12.8. The second-order valence-corrected chi connectivity index (χ2v) is 7.87. The van der Waals surface area contributed by atoms with Gasteiger partial charge in [-0.2, -0.15) is 0 Å². The Morgan fingerprint density at radius 2 is 2.14 bits per heavy atom. The lowest BCUT2D eigenvalue weighted by molar-refractivity contribution is 0.577. The maximum atomic E-state index is 3.60. The summed E-state index contributed by atoms with van der Waals surface area (Å²) in [5.74, 6) is 0.515. The normalized spacial score (nSPS) is 29.7. The fraction of sp³-hybridized carbons (Fsp3) is 0.263. The molecule has 2 heteroatoms. The van der Waals surface area contributed by atoms with Gasteiger partial charge in [0.1, 0.15) is 0 Å². The van der Waals surface area contributed by atoms with Crippen LogP contribution in [0.1, 0.15) is 31.0 Å². The van der Waals surface area contributed by atoms with Crippen LogP contribution in [0.25, 0.3) is 17.0 Å². The zero-order valence-electron chi connectivity index (χ0n) is 12.0. The fourth-order valence-electron chi connectivity index (χ4n) is 4.17. The van der Waals surface area contributed by atoms with E-state index in [0.29, 0.717) is 5.92 Å². The van der Waals surface area contributed by atoms with Crippen LogP contribution in [0.15, 0.2) is 53.0 Å². The number of fused-ring (bicyclic) bond motifs is 6. The Hall–Kier alpha value is -1.67. The lowest BCUT2D eigenvalue weighted by atomic mass is 9.76. The maximum Gasteiger partial charge on any atom is 0.0554 e. The van der Waals surface area contributed by atoms with Crippen LogP contribution < -0.4 is 0 Å². The van der Waals surface area contributed by atoms with Gasteiger partial charge in [0.05, 0.1) is 4.75 Å². The van der Waals surface area contributed by atoms with E-state index < -0.39 is 0 Å². The average Bonchev–Trinajstić information content (AvgIpc) is 3.01. The van der Waals surface area contributed by atoms with E-state index in [0.717, 1.165) is 0 Å². The van der Waals surface area contributed by atoms with Gasteiger partial charge in [0.2, 0.25) is 0 Å². The molecule has 21 heavy (non-hydrogen) atoms. The lowest BCUT2D eigenvalue weighted by Crippen LogP contribution is -2.27. The first-order valence-electron chi connectivity index (χ1n) is 7.65. The van der Waals surface area contributed by atoms with Gasteiger partial charge in [-0.1, -0.05) is 36.4 Å². The monoisotopic (exact) mass is 291 g/mol. The second kappa shape index (κ2) is 3.95. The number of hydrogen-bond donors (Lipinski definition) is 1. The molecule has 2 aromatic rings. The van der Waals surface area contributed by atoms with Gasteiger partial charge in [0.15, 0.2) is 0 Å². The largest absolute Gasteiger partial charge is 0.355 e. The molecule has 0 radical (unpaired) electrons. The molecule has 1 aromatic heterocycles. The highest BCUT2D eigenvalue weighted by Gasteiger charge is 2.48. The van der Waals surface area contributed by atoms with Crippen molar-refractivity contribution in [2.45, 2.75) is 24.5 Å². The van der Waals surface area contributed by atoms with E-state index in [4.69, 9.17) is 0 Å². The predicted molar refractivity (Wildman–Crippen MR) is 91.2 cm³/mol. The van der Waals surface area contributed by atoms with Crippen molar-refractivity contribution in [2.75, 3.05) is 0 Å². The first kappa shape index (κ1) is 11.9. The van der Waals surface area contributed by atoms with Gasteiger partial charge in [0.25, 0.3) is 0 Å². The summed E-state index contributed by atoms with van der Waals surface area (Å²) in [6.07, 6.45) is 11.8. The van der Waals surface area contributed by atoms with Crippen LogP contribution in [0.2, 0.25) is 0 Å². The van der Waals surface area contributed by atoms with Crippen LogP contribution in [-0.2, 0) is 4.75 Å². The number of rotatable bonds is 0. The summed E-state index contributed by atoms with van der Waals surface area (Å²) in [4.78, 5) is 5.20. The lowest BCUT2D eigenvalue weighted by Gasteiger charge is -2.33. The molecule has 2 heterocycles. The number of aromatic nitrogens is 1. The Kier molecular flexibility index (Phi) is 2.24. The number of para-hydroxylation sites is 1. The van der Waals surface area contributed by atoms with Crippen molar-refractivity contribution in [1.82, 2.24) is 4.98 Å². The first-order chi connectivity index (χ1) is 10.3. The second-order valence-electron chi connectivity index (χ2n) is 6.32. The van der Waals surface area contributed by atoms with Gasteiger partial charge in [-0.05, 0) is 42.4 Å². The SMILES string of the molecule is CC12SC3=C(C=CCC3)C1C=Cc1[nH]c3ccccc3c12. The quantitative estimate of drug-likeness (QED) is 0.689. The number of thioether (sulfide) groups is 1. The van der Waals surface area contributed by atoms with Crippen LogP contribution in [0, 0.1) is 5.92 Å². The number of H-pyrrole nitrogens is 1. The van der Waals surface area contributed by atoms with Gasteiger partial charge in [-0.15, -0.1) is 11.8 Å². The van der Waals surface area contributed by atoms with E-state index in [1.807, 2.05) is 0 Å². The molecule has 0 spiro atoms. The van der Waals surface area contributed by atoms with Gasteiger partial charge in [0, 0.05) is 28.1 Å². The van der Waals surface area contributed by atoms with Gasteiger partial charge in [-0.3, -0.25) is 0 Å². The highest BCUT2D eigenvalue weighted by molar-refractivity contribution is 8.04. The third kappa shape index (κ3) is 1.44. The van der Waals surface area contributed by atoms with Gasteiger partial charge >= 0.3 is 0 Å². The molecule has 2 aliphatic carbocycles. The molecule has 1 N–H and O–H groups in total. The van der Waals surface area contributed by atoms with Crippen molar-refractivity contribution in [3.63, 3.8) is 0 Å². The molecule has 3 aliphatic rings. The highest BCUT2D eigenvalue weighted by atomic mass is 32.2. The van der Waals surface area contributed by atoms with E-state index in [1.54, 1.807) is 10.5 Å².